The van der Waals surface area contributed by atoms with E-state index in [0.717, 1.165) is 12.3 Å². The monoisotopic (exact) mass is 320 g/mol. The van der Waals surface area contributed by atoms with Gasteiger partial charge in [-0.2, -0.15) is 0 Å². The van der Waals surface area contributed by atoms with E-state index in [-0.39, 0.29) is 12.4 Å². The summed E-state index contributed by atoms with van der Waals surface area (Å²) in [6.45, 7) is -5.06. The van der Waals surface area contributed by atoms with Gasteiger partial charge in [-0.05, 0) is 18.2 Å². The maximum atomic E-state index is 12.6. The van der Waals surface area contributed by atoms with E-state index in [4.69, 9.17) is 27.9 Å². The Morgan fingerprint density at radius 1 is 1.10 bits per heavy atom. The smallest absolute Gasteiger partial charge is 0.487 e. The summed E-state index contributed by atoms with van der Waals surface area (Å²) in [5.74, 6) is 0.0349. The van der Waals surface area contributed by atoms with Gasteiger partial charge < -0.3 is 17.7 Å². The molecule has 0 spiro atoms. The molecule has 0 amide bonds. The summed E-state index contributed by atoms with van der Waals surface area (Å²) in [6, 6.07) is 5.72. The van der Waals surface area contributed by atoms with Crippen molar-refractivity contribution in [1.82, 2.24) is 4.98 Å². The van der Waals surface area contributed by atoms with E-state index >= 15 is 0 Å². The lowest BCUT2D eigenvalue weighted by atomic mass is 9.81. The van der Waals surface area contributed by atoms with Crippen molar-refractivity contribution in [2.75, 3.05) is 0 Å². The standard InChI is InChI=1S/C12H8BCl2F3NO/c14-10-2-1-8(12(15)4-10)7-20-11-3-9(5-19-6-11)13(16,17)18/h1-6H,7H2/q-1. The van der Waals surface area contributed by atoms with E-state index in [9.17, 15) is 12.9 Å². The molecule has 1 aromatic carbocycles. The number of halogens is 5. The first kappa shape index (κ1) is 15.0. The molecule has 0 aliphatic rings. The largest absolute Gasteiger partial charge is 0.511 e. The van der Waals surface area contributed by atoms with Gasteiger partial charge in [-0.25, -0.2) is 0 Å². The van der Waals surface area contributed by atoms with Crippen LogP contribution in [-0.2, 0) is 6.61 Å². The highest BCUT2D eigenvalue weighted by Crippen LogP contribution is 2.22. The average molecular weight is 321 g/mol. The fourth-order valence-electron chi connectivity index (χ4n) is 1.49. The van der Waals surface area contributed by atoms with Crippen LogP contribution in [0, 0.1) is 0 Å². The summed E-state index contributed by atoms with van der Waals surface area (Å²) in [7, 11) is 0. The predicted molar refractivity (Wildman–Crippen MR) is 73.7 cm³/mol. The molecule has 0 saturated carbocycles. The molecule has 0 bridgehead atoms. The topological polar surface area (TPSA) is 22.1 Å². The minimum atomic E-state index is -5.09. The van der Waals surface area contributed by atoms with Crippen molar-refractivity contribution in [1.29, 1.82) is 0 Å². The third-order valence-electron chi connectivity index (χ3n) is 2.52. The van der Waals surface area contributed by atoms with Crippen LogP contribution in [-0.4, -0.2) is 12.0 Å². The fraction of sp³-hybridized carbons (Fsp3) is 0.0833. The highest BCUT2D eigenvalue weighted by atomic mass is 35.5. The van der Waals surface area contributed by atoms with Crippen molar-refractivity contribution in [2.45, 2.75) is 6.61 Å². The molecule has 20 heavy (non-hydrogen) atoms. The summed E-state index contributed by atoms with van der Waals surface area (Å²) in [4.78, 5) is 3.52. The first-order valence-corrected chi connectivity index (χ1v) is 6.33. The zero-order valence-corrected chi connectivity index (χ0v) is 11.5. The molecule has 0 saturated heterocycles. The third kappa shape index (κ3) is 3.80. The molecule has 1 heterocycles. The van der Waals surface area contributed by atoms with E-state index in [0.29, 0.717) is 15.6 Å². The maximum Gasteiger partial charge on any atom is 0.511 e. The van der Waals surface area contributed by atoms with Crippen molar-refractivity contribution >= 4 is 35.6 Å². The van der Waals surface area contributed by atoms with Crippen LogP contribution in [0.25, 0.3) is 0 Å². The normalized spacial score (nSPS) is 11.4. The molecule has 2 aromatic rings. The number of pyridine rings is 1. The Hall–Kier alpha value is -1.40. The molecule has 0 unspecified atom stereocenters. The molecule has 0 aliphatic carbocycles. The molecule has 0 radical (unpaired) electrons. The van der Waals surface area contributed by atoms with Crippen LogP contribution in [0.2, 0.25) is 10.0 Å². The van der Waals surface area contributed by atoms with Gasteiger partial charge in [-0.3, -0.25) is 4.98 Å². The molecular weight excluding hydrogens is 313 g/mol. The SMILES string of the molecule is F[B-](F)(F)c1cncc(OCc2ccc(Cl)cc2Cl)c1. The molecule has 0 N–H and O–H groups in total. The highest BCUT2D eigenvalue weighted by Gasteiger charge is 2.26. The molecule has 8 heteroatoms. The predicted octanol–water partition coefficient (Wildman–Crippen LogP) is 4.02. The first-order chi connectivity index (χ1) is 9.36. The van der Waals surface area contributed by atoms with E-state index in [2.05, 4.69) is 4.98 Å². The van der Waals surface area contributed by atoms with Gasteiger partial charge in [0.05, 0.1) is 6.20 Å². The number of aromatic nitrogens is 1. The van der Waals surface area contributed by atoms with Crippen LogP contribution < -0.4 is 10.2 Å². The molecule has 0 fully saturated rings. The summed E-state index contributed by atoms with van der Waals surface area (Å²) < 4.78 is 43.0. The van der Waals surface area contributed by atoms with E-state index in [1.807, 2.05) is 0 Å². The van der Waals surface area contributed by atoms with Crippen molar-refractivity contribution in [2.24, 2.45) is 0 Å². The zero-order valence-electron chi connectivity index (χ0n) is 9.99. The van der Waals surface area contributed by atoms with Crippen molar-refractivity contribution in [3.05, 3.63) is 52.3 Å². The minimum absolute atomic E-state index is 0.0337. The molecule has 0 aliphatic heterocycles. The molecule has 106 valence electrons. The van der Waals surface area contributed by atoms with Crippen LogP contribution in [0.3, 0.4) is 0 Å². The Kier molecular flexibility index (Phi) is 4.45. The Balaban J connectivity index is 2.11. The van der Waals surface area contributed by atoms with E-state index in [1.54, 1.807) is 12.1 Å². The lowest BCUT2D eigenvalue weighted by Crippen LogP contribution is -2.34. The van der Waals surface area contributed by atoms with Gasteiger partial charge in [0.1, 0.15) is 12.4 Å². The highest BCUT2D eigenvalue weighted by molar-refractivity contribution is 6.73. The molecule has 1 aromatic heterocycles. The molecule has 2 rings (SSSR count). The Morgan fingerprint density at radius 2 is 1.85 bits per heavy atom. The number of rotatable bonds is 4. The van der Waals surface area contributed by atoms with E-state index < -0.39 is 12.4 Å². The molecule has 0 atom stereocenters. The first-order valence-electron chi connectivity index (χ1n) is 5.58. The number of benzene rings is 1. The lowest BCUT2D eigenvalue weighted by molar-refractivity contribution is 0.305. The minimum Gasteiger partial charge on any atom is -0.487 e. The van der Waals surface area contributed by atoms with Crippen LogP contribution >= 0.6 is 23.2 Å². The van der Waals surface area contributed by atoms with E-state index in [1.165, 1.54) is 12.3 Å². The summed E-state index contributed by atoms with van der Waals surface area (Å²) in [5, 5.41) is 0.865. The molecular formula is C12H8BCl2F3NO-. The fourth-order valence-corrected chi connectivity index (χ4v) is 1.96. The van der Waals surface area contributed by atoms with Gasteiger partial charge in [0.2, 0.25) is 0 Å². The Morgan fingerprint density at radius 3 is 2.50 bits per heavy atom. The number of nitrogens with zero attached hydrogens (tertiary/aromatic N) is 1. The van der Waals surface area contributed by atoms with Crippen LogP contribution in [0.1, 0.15) is 5.56 Å². The van der Waals surface area contributed by atoms with Crippen molar-refractivity contribution in [3.8, 4) is 5.75 Å². The number of hydrogen-bond acceptors (Lipinski definition) is 2. The Labute approximate surface area is 123 Å². The lowest BCUT2D eigenvalue weighted by Gasteiger charge is -2.15. The van der Waals surface area contributed by atoms with Crippen molar-refractivity contribution in [3.63, 3.8) is 0 Å². The van der Waals surface area contributed by atoms with Gasteiger partial charge in [0.15, 0.2) is 0 Å². The summed E-state index contributed by atoms with van der Waals surface area (Å²) in [6.07, 6.45) is 1.98. The second kappa shape index (κ2) is 5.93. The second-order valence-corrected chi connectivity index (χ2v) is 4.90. The van der Waals surface area contributed by atoms with Crippen LogP contribution in [0.4, 0.5) is 12.9 Å². The second-order valence-electron chi connectivity index (χ2n) is 4.05. The third-order valence-corrected chi connectivity index (χ3v) is 3.11. The zero-order chi connectivity index (χ0) is 14.8. The van der Waals surface area contributed by atoms with Crippen molar-refractivity contribution < 1.29 is 17.7 Å². The number of hydrogen-bond donors (Lipinski definition) is 0. The molecule has 2 nitrogen and oxygen atoms in total. The van der Waals surface area contributed by atoms with Crippen LogP contribution in [0.5, 0.6) is 5.75 Å². The number of ether oxygens (including phenoxy) is 1. The summed E-state index contributed by atoms with van der Waals surface area (Å²) in [5.41, 5.74) is -0.177. The van der Waals surface area contributed by atoms with Gasteiger partial charge in [0.25, 0.3) is 0 Å². The summed E-state index contributed by atoms with van der Waals surface area (Å²) >= 11 is 11.7. The maximum absolute atomic E-state index is 12.6. The van der Waals surface area contributed by atoms with Crippen LogP contribution in [0.15, 0.2) is 36.7 Å². The van der Waals surface area contributed by atoms with Gasteiger partial charge in [0, 0.05) is 21.8 Å². The quantitative estimate of drug-likeness (QED) is 0.794. The van der Waals surface area contributed by atoms with Gasteiger partial charge in [-0.15, -0.1) is 0 Å². The van der Waals surface area contributed by atoms with Gasteiger partial charge in [-0.1, -0.05) is 34.7 Å². The van der Waals surface area contributed by atoms with Gasteiger partial charge >= 0.3 is 6.98 Å². The Bertz CT molecular complexity index is 622. The average Bonchev–Trinajstić information content (AvgIpc) is 2.37.